The van der Waals surface area contributed by atoms with Crippen molar-refractivity contribution in [2.24, 2.45) is 35.3 Å². The third-order valence-corrected chi connectivity index (χ3v) is 7.68. The van der Waals surface area contributed by atoms with Gasteiger partial charge in [0.2, 0.25) is 0 Å². The van der Waals surface area contributed by atoms with Crippen LogP contribution in [0.25, 0.3) is 0 Å². The van der Waals surface area contributed by atoms with Crippen LogP contribution >= 0.6 is 11.9 Å². The van der Waals surface area contributed by atoms with Crippen molar-refractivity contribution >= 4 is 24.0 Å². The molecule has 4 N–H and O–H groups in total. The van der Waals surface area contributed by atoms with E-state index in [9.17, 15) is 0 Å². The molecular weight excluding hydrogens is 364 g/mol. The van der Waals surface area contributed by atoms with Gasteiger partial charge in [-0.05, 0) is 49.1 Å². The molecule has 148 valence electrons. The standard InChI is InChI=1S/C23H31N4S/c1-14-5-4-6-18-12-17(7-9-20(14)18)16(3)23(25)27-13-19(8-10-22(27)24)21-11-15(2)26-28-21/h4-5,7-11,13,15-20,23-24,26H,1,6,12,25H2,2-3H3/q+1. The lowest BCUT2D eigenvalue weighted by Crippen LogP contribution is -2.47. The Labute approximate surface area is 172 Å². The first-order valence-corrected chi connectivity index (χ1v) is 11.1. The van der Waals surface area contributed by atoms with Crippen LogP contribution in [0.2, 0.25) is 0 Å². The number of hydrogen-bond donors (Lipinski definition) is 3. The fraction of sp³-hybridized carbons (Fsp3) is 0.478. The lowest BCUT2D eigenvalue weighted by atomic mass is 9.69. The van der Waals surface area contributed by atoms with Crippen molar-refractivity contribution in [1.29, 1.82) is 5.41 Å². The molecule has 0 saturated carbocycles. The minimum atomic E-state index is -0.203. The smallest absolute Gasteiger partial charge is 0.292 e. The maximum Gasteiger partial charge on any atom is 0.315 e. The average molecular weight is 396 g/mol. The Morgan fingerprint density at radius 3 is 2.89 bits per heavy atom. The van der Waals surface area contributed by atoms with Crippen LogP contribution in [0.4, 0.5) is 0 Å². The summed E-state index contributed by atoms with van der Waals surface area (Å²) in [6.45, 7) is 8.60. The molecule has 0 fully saturated rings. The fourth-order valence-corrected chi connectivity index (χ4v) is 5.67. The molecule has 4 nitrogen and oxygen atoms in total. The average Bonchev–Trinajstić information content (AvgIpc) is 3.13. The van der Waals surface area contributed by atoms with Gasteiger partial charge in [-0.15, -0.1) is 0 Å². The van der Waals surface area contributed by atoms with Gasteiger partial charge in [-0.3, -0.25) is 10.5 Å². The Morgan fingerprint density at radius 1 is 1.32 bits per heavy atom. The summed E-state index contributed by atoms with van der Waals surface area (Å²) >= 11 is 1.69. The van der Waals surface area contributed by atoms with E-state index >= 15 is 0 Å². The lowest BCUT2D eigenvalue weighted by Gasteiger charge is -2.37. The molecule has 7 atom stereocenters. The number of nitrogens with two attached hydrogens (primary N) is 1. The molecule has 0 aromatic carbocycles. The van der Waals surface area contributed by atoms with Gasteiger partial charge in [-0.25, -0.2) is 4.58 Å². The largest absolute Gasteiger partial charge is 0.315 e. The maximum atomic E-state index is 8.40. The van der Waals surface area contributed by atoms with Crippen LogP contribution in [0.1, 0.15) is 26.7 Å². The number of nitrogens with zero attached hydrogens (tertiary/aromatic N) is 1. The Hall–Kier alpha value is -1.69. The van der Waals surface area contributed by atoms with Crippen molar-refractivity contribution in [2.75, 3.05) is 0 Å². The Kier molecular flexibility index (Phi) is 5.59. The van der Waals surface area contributed by atoms with Gasteiger partial charge in [0.15, 0.2) is 6.17 Å². The zero-order chi connectivity index (χ0) is 19.8. The number of amidine groups is 1. The second-order valence-corrected chi connectivity index (χ2v) is 9.45. The second kappa shape index (κ2) is 7.97. The molecule has 5 heteroatoms. The van der Waals surface area contributed by atoms with Crippen molar-refractivity contribution in [3.8, 4) is 0 Å². The molecule has 2 heterocycles. The molecule has 4 rings (SSSR count). The number of allylic oxidation sites excluding steroid dienone is 7. The van der Waals surface area contributed by atoms with Crippen LogP contribution in [0.3, 0.4) is 0 Å². The first kappa shape index (κ1) is 19.6. The van der Waals surface area contributed by atoms with Crippen LogP contribution in [0.15, 0.2) is 59.6 Å². The van der Waals surface area contributed by atoms with Gasteiger partial charge >= 0.3 is 5.84 Å². The number of nitrogens with one attached hydrogen (secondary N) is 2. The summed E-state index contributed by atoms with van der Waals surface area (Å²) < 4.78 is 5.34. The molecule has 0 amide bonds. The quantitative estimate of drug-likeness (QED) is 0.383. The minimum Gasteiger partial charge on any atom is -0.292 e. The SMILES string of the molecule is C=C1C=CCC2CC(C(C)C(N)[N+]3=CC(C4=CC(C)NS4)C=CC3=N)C=CC12. The number of fused-ring (bicyclic) bond motifs is 1. The summed E-state index contributed by atoms with van der Waals surface area (Å²) in [5, 5.41) is 8.40. The van der Waals surface area contributed by atoms with E-state index in [0.29, 0.717) is 29.6 Å². The molecular formula is C23H31N4S+. The van der Waals surface area contributed by atoms with Crippen molar-refractivity contribution in [3.63, 3.8) is 0 Å². The third kappa shape index (κ3) is 3.76. The summed E-state index contributed by atoms with van der Waals surface area (Å²) in [4.78, 5) is 1.29. The van der Waals surface area contributed by atoms with Gasteiger partial charge in [-0.2, -0.15) is 0 Å². The predicted molar refractivity (Wildman–Crippen MR) is 119 cm³/mol. The maximum absolute atomic E-state index is 8.40. The molecule has 0 bridgehead atoms. The molecule has 7 unspecified atom stereocenters. The van der Waals surface area contributed by atoms with Gasteiger partial charge in [0, 0.05) is 28.9 Å². The Bertz CT molecular complexity index is 818. The van der Waals surface area contributed by atoms with E-state index in [1.807, 2.05) is 10.7 Å². The van der Waals surface area contributed by atoms with Crippen molar-refractivity contribution in [1.82, 2.24) is 4.72 Å². The number of rotatable bonds is 4. The van der Waals surface area contributed by atoms with Gasteiger partial charge in [-0.1, -0.05) is 55.4 Å². The monoisotopic (exact) mass is 395 g/mol. The van der Waals surface area contributed by atoms with Crippen LogP contribution < -0.4 is 10.5 Å². The van der Waals surface area contributed by atoms with Crippen LogP contribution in [-0.2, 0) is 0 Å². The fourth-order valence-electron chi connectivity index (χ4n) is 4.73. The minimum absolute atomic E-state index is 0.188. The van der Waals surface area contributed by atoms with Crippen LogP contribution in [-0.4, -0.2) is 28.8 Å². The molecule has 28 heavy (non-hydrogen) atoms. The van der Waals surface area contributed by atoms with E-state index in [2.05, 4.69) is 67.8 Å². The molecule has 0 saturated heterocycles. The van der Waals surface area contributed by atoms with E-state index in [-0.39, 0.29) is 18.0 Å². The van der Waals surface area contributed by atoms with Gasteiger partial charge in [0.25, 0.3) is 0 Å². The van der Waals surface area contributed by atoms with Gasteiger partial charge in [0.05, 0.1) is 12.1 Å². The molecule has 0 spiro atoms. The van der Waals surface area contributed by atoms with Crippen molar-refractivity contribution in [2.45, 2.75) is 38.9 Å². The van der Waals surface area contributed by atoms with Crippen LogP contribution in [0.5, 0.6) is 0 Å². The normalized spacial score (nSPS) is 36.8. The zero-order valence-corrected chi connectivity index (χ0v) is 17.5. The first-order valence-electron chi connectivity index (χ1n) is 10.3. The van der Waals surface area contributed by atoms with E-state index in [0.717, 1.165) is 12.8 Å². The van der Waals surface area contributed by atoms with Gasteiger partial charge < -0.3 is 0 Å². The lowest BCUT2D eigenvalue weighted by molar-refractivity contribution is -0.464. The van der Waals surface area contributed by atoms with Crippen molar-refractivity contribution in [3.05, 3.63) is 59.6 Å². The van der Waals surface area contributed by atoms with Crippen LogP contribution in [0, 0.1) is 35.0 Å². The summed E-state index contributed by atoms with van der Waals surface area (Å²) in [7, 11) is 0. The predicted octanol–water partition coefficient (Wildman–Crippen LogP) is 4.00. The first-order chi connectivity index (χ1) is 13.4. The number of hydrogen-bond acceptors (Lipinski definition) is 4. The zero-order valence-electron chi connectivity index (χ0n) is 16.7. The van der Waals surface area contributed by atoms with E-state index in [1.165, 1.54) is 10.5 Å². The van der Waals surface area contributed by atoms with E-state index in [1.54, 1.807) is 11.9 Å². The molecule has 0 aromatic rings. The summed E-state index contributed by atoms with van der Waals surface area (Å²) in [5.41, 5.74) is 7.94. The second-order valence-electron chi connectivity index (χ2n) is 8.54. The van der Waals surface area contributed by atoms with Gasteiger partial charge in [0.1, 0.15) is 0 Å². The highest BCUT2D eigenvalue weighted by molar-refractivity contribution is 8.01. The molecule has 0 aromatic heterocycles. The summed E-state index contributed by atoms with van der Waals surface area (Å²) in [5.74, 6) is 2.48. The van der Waals surface area contributed by atoms with Crippen molar-refractivity contribution < 1.29 is 4.58 Å². The molecule has 2 aliphatic carbocycles. The molecule has 2 aliphatic heterocycles. The summed E-state index contributed by atoms with van der Waals surface area (Å²) in [6, 6.07) is 0.379. The Balaban J connectivity index is 1.50. The third-order valence-electron chi connectivity index (χ3n) is 6.55. The van der Waals surface area contributed by atoms with E-state index in [4.69, 9.17) is 11.1 Å². The highest BCUT2D eigenvalue weighted by atomic mass is 32.2. The molecule has 4 aliphatic rings. The van der Waals surface area contributed by atoms with E-state index < -0.39 is 0 Å². The highest BCUT2D eigenvalue weighted by Crippen LogP contribution is 2.41. The summed E-state index contributed by atoms with van der Waals surface area (Å²) in [6.07, 6.45) is 19.6. The Morgan fingerprint density at radius 2 is 2.14 bits per heavy atom. The topological polar surface area (TPSA) is 64.9 Å². The molecule has 0 radical (unpaired) electrons. The highest BCUT2D eigenvalue weighted by Gasteiger charge is 2.36.